The average molecular weight is 662 g/mol. The van der Waals surface area contributed by atoms with Crippen LogP contribution in [-0.4, -0.2) is 41.4 Å². The maximum absolute atomic E-state index is 14.4. The zero-order valence-electron chi connectivity index (χ0n) is 27.4. The van der Waals surface area contributed by atoms with E-state index in [1.54, 1.807) is 37.7 Å². The Kier molecular flexibility index (Phi) is 9.27. The van der Waals surface area contributed by atoms with Crippen molar-refractivity contribution in [3.8, 4) is 11.4 Å². The van der Waals surface area contributed by atoms with E-state index in [4.69, 9.17) is 19.2 Å². The van der Waals surface area contributed by atoms with Gasteiger partial charge in [0.2, 0.25) is 0 Å². The molecule has 0 radical (unpaired) electrons. The highest BCUT2D eigenvalue weighted by molar-refractivity contribution is 7.07. The number of benzene rings is 3. The van der Waals surface area contributed by atoms with E-state index in [-0.39, 0.29) is 23.7 Å². The highest BCUT2D eigenvalue weighted by Crippen LogP contribution is 2.35. The molecule has 9 nitrogen and oxygen atoms in total. The summed E-state index contributed by atoms with van der Waals surface area (Å²) in [7, 11) is 1.59. The van der Waals surface area contributed by atoms with E-state index in [0.29, 0.717) is 33.0 Å². The van der Waals surface area contributed by atoms with E-state index in [2.05, 4.69) is 4.57 Å². The molecule has 1 aliphatic heterocycles. The lowest BCUT2D eigenvalue weighted by molar-refractivity contribution is -0.138. The minimum atomic E-state index is -0.783. The number of methoxy groups -OCH3 is 1. The number of aryl methyl sites for hydroxylation is 1. The summed E-state index contributed by atoms with van der Waals surface area (Å²) in [6.07, 6.45) is 1.87. The first-order valence-electron chi connectivity index (χ1n) is 15.6. The molecule has 1 atom stereocenters. The lowest BCUT2D eigenvalue weighted by Crippen LogP contribution is -2.40. The summed E-state index contributed by atoms with van der Waals surface area (Å²) in [5.74, 6) is -0.245. The van der Waals surface area contributed by atoms with Gasteiger partial charge in [0.1, 0.15) is 5.75 Å². The Morgan fingerprint density at radius 1 is 0.896 bits per heavy atom. The number of nitrogens with zero attached hydrogens (tertiary/aromatic N) is 3. The molecule has 6 rings (SSSR count). The SMILES string of the molecule is CCOC(=O)C1=C(c2ccccc2)N=c2s/c(=C\c3cc(C)n(-c4ccc(C(=O)OCC)cc4)c3C)c(=O)n2[C@H]1c1ccc(OC)cc1. The maximum Gasteiger partial charge on any atom is 0.338 e. The van der Waals surface area contributed by atoms with Crippen LogP contribution in [0.3, 0.4) is 0 Å². The molecule has 10 heteroatoms. The number of carbonyl (C=O) groups excluding carboxylic acids is 2. The van der Waals surface area contributed by atoms with Crippen molar-refractivity contribution in [2.75, 3.05) is 20.3 Å². The lowest BCUT2D eigenvalue weighted by Gasteiger charge is -2.26. The highest BCUT2D eigenvalue weighted by Gasteiger charge is 2.35. The summed E-state index contributed by atoms with van der Waals surface area (Å²) >= 11 is 1.27. The van der Waals surface area contributed by atoms with Crippen LogP contribution in [-0.2, 0) is 14.3 Å². The van der Waals surface area contributed by atoms with Gasteiger partial charge in [0.25, 0.3) is 5.56 Å². The summed E-state index contributed by atoms with van der Waals surface area (Å²) in [4.78, 5) is 45.6. The third kappa shape index (κ3) is 6.02. The second-order valence-electron chi connectivity index (χ2n) is 11.1. The van der Waals surface area contributed by atoms with Crippen molar-refractivity contribution in [3.05, 3.63) is 144 Å². The minimum Gasteiger partial charge on any atom is -0.497 e. The van der Waals surface area contributed by atoms with Crippen molar-refractivity contribution in [2.24, 2.45) is 4.99 Å². The van der Waals surface area contributed by atoms with Crippen LogP contribution in [0.15, 0.2) is 100 Å². The van der Waals surface area contributed by atoms with Crippen molar-refractivity contribution < 1.29 is 23.8 Å². The van der Waals surface area contributed by atoms with Gasteiger partial charge in [-0.1, -0.05) is 53.8 Å². The molecule has 0 saturated carbocycles. The molecule has 0 fully saturated rings. The number of aromatic nitrogens is 2. The average Bonchev–Trinajstić information content (AvgIpc) is 3.57. The van der Waals surface area contributed by atoms with Crippen LogP contribution in [0, 0.1) is 13.8 Å². The van der Waals surface area contributed by atoms with Gasteiger partial charge in [0, 0.05) is 22.6 Å². The highest BCUT2D eigenvalue weighted by atomic mass is 32.1. The largest absolute Gasteiger partial charge is 0.497 e. The number of hydrogen-bond donors (Lipinski definition) is 0. The lowest BCUT2D eigenvalue weighted by atomic mass is 9.93. The van der Waals surface area contributed by atoms with Crippen LogP contribution >= 0.6 is 11.3 Å². The molecular weight excluding hydrogens is 627 g/mol. The Hall–Kier alpha value is -5.48. The summed E-state index contributed by atoms with van der Waals surface area (Å²) in [5.41, 5.74) is 6.06. The molecule has 0 N–H and O–H groups in total. The van der Waals surface area contributed by atoms with Crippen molar-refractivity contribution >= 4 is 35.0 Å². The summed E-state index contributed by atoms with van der Waals surface area (Å²) in [6.45, 7) is 7.99. The zero-order valence-corrected chi connectivity index (χ0v) is 28.2. The van der Waals surface area contributed by atoms with Gasteiger partial charge < -0.3 is 18.8 Å². The number of esters is 2. The van der Waals surface area contributed by atoms with Crippen LogP contribution in [0.1, 0.15) is 58.3 Å². The number of hydrogen-bond acceptors (Lipinski definition) is 8. The van der Waals surface area contributed by atoms with E-state index in [1.165, 1.54) is 11.3 Å². The second kappa shape index (κ2) is 13.7. The van der Waals surface area contributed by atoms with E-state index in [1.807, 2.05) is 92.7 Å². The van der Waals surface area contributed by atoms with E-state index < -0.39 is 12.0 Å². The van der Waals surface area contributed by atoms with Gasteiger partial charge in [0.05, 0.1) is 47.7 Å². The third-order valence-corrected chi connectivity index (χ3v) is 9.18. The predicted molar refractivity (Wildman–Crippen MR) is 185 cm³/mol. The smallest absolute Gasteiger partial charge is 0.338 e. The minimum absolute atomic E-state index is 0.172. The van der Waals surface area contributed by atoms with Crippen molar-refractivity contribution in [1.82, 2.24) is 9.13 Å². The summed E-state index contributed by atoms with van der Waals surface area (Å²) in [5, 5.41) is 0. The fourth-order valence-electron chi connectivity index (χ4n) is 5.98. The Labute approximate surface area is 281 Å². The summed E-state index contributed by atoms with van der Waals surface area (Å²) in [6, 6.07) is 25.3. The second-order valence-corrected chi connectivity index (χ2v) is 12.1. The number of rotatable bonds is 9. The van der Waals surface area contributed by atoms with Crippen molar-refractivity contribution in [1.29, 1.82) is 0 Å². The molecule has 0 bridgehead atoms. The molecule has 0 spiro atoms. The quantitative estimate of drug-likeness (QED) is 0.193. The van der Waals surface area contributed by atoms with Crippen molar-refractivity contribution in [3.63, 3.8) is 0 Å². The molecule has 3 aromatic carbocycles. The van der Waals surface area contributed by atoms with Gasteiger partial charge >= 0.3 is 11.9 Å². The molecule has 244 valence electrons. The number of fused-ring (bicyclic) bond motifs is 1. The van der Waals surface area contributed by atoms with Gasteiger partial charge in [-0.05, 0) is 87.4 Å². The molecular formula is C38H35N3O6S. The van der Waals surface area contributed by atoms with Crippen LogP contribution in [0.2, 0.25) is 0 Å². The van der Waals surface area contributed by atoms with Crippen molar-refractivity contribution in [2.45, 2.75) is 33.7 Å². The van der Waals surface area contributed by atoms with Gasteiger partial charge in [-0.25, -0.2) is 14.6 Å². The monoisotopic (exact) mass is 661 g/mol. The van der Waals surface area contributed by atoms with Crippen LogP contribution in [0.25, 0.3) is 17.5 Å². The maximum atomic E-state index is 14.4. The Bertz CT molecular complexity index is 2210. The van der Waals surface area contributed by atoms with Crippen LogP contribution < -0.4 is 19.6 Å². The Morgan fingerprint density at radius 3 is 2.21 bits per heavy atom. The molecule has 1 aliphatic rings. The molecule has 0 unspecified atom stereocenters. The molecule has 48 heavy (non-hydrogen) atoms. The van der Waals surface area contributed by atoms with Gasteiger partial charge in [-0.2, -0.15) is 0 Å². The molecule has 2 aromatic heterocycles. The number of ether oxygens (including phenoxy) is 3. The fraction of sp³-hybridized carbons (Fsp3) is 0.211. The fourth-order valence-corrected chi connectivity index (χ4v) is 6.97. The van der Waals surface area contributed by atoms with E-state index >= 15 is 0 Å². The van der Waals surface area contributed by atoms with Crippen LogP contribution in [0.5, 0.6) is 5.75 Å². The van der Waals surface area contributed by atoms with Gasteiger partial charge in [-0.3, -0.25) is 9.36 Å². The molecule has 0 amide bonds. The van der Waals surface area contributed by atoms with E-state index in [0.717, 1.165) is 33.8 Å². The van der Waals surface area contributed by atoms with Gasteiger partial charge in [-0.15, -0.1) is 0 Å². The first kappa shape index (κ1) is 32.5. The predicted octanol–water partition coefficient (Wildman–Crippen LogP) is 5.53. The first-order chi connectivity index (χ1) is 23.2. The topological polar surface area (TPSA) is 101 Å². The standard InChI is InChI=1S/C38H35N3O6S/c1-6-46-36(43)27-13-17-29(18-14-27)40-23(3)21-28(24(40)4)22-31-35(42)41-34(26-15-19-30(45-5)20-16-26)32(37(44)47-7-2)33(39-38(41)48-31)25-11-9-8-10-12-25/h8-22,34H,6-7H2,1-5H3/b31-22-/t34-/m0/s1. The third-order valence-electron chi connectivity index (χ3n) is 8.20. The molecule has 0 saturated heterocycles. The number of thiazole rings is 1. The zero-order chi connectivity index (χ0) is 33.9. The Morgan fingerprint density at radius 2 is 1.56 bits per heavy atom. The summed E-state index contributed by atoms with van der Waals surface area (Å²) < 4.78 is 20.2. The Balaban J connectivity index is 1.52. The first-order valence-corrected chi connectivity index (χ1v) is 16.5. The van der Waals surface area contributed by atoms with E-state index in [9.17, 15) is 14.4 Å². The van der Waals surface area contributed by atoms with Crippen LogP contribution in [0.4, 0.5) is 0 Å². The molecule has 5 aromatic rings. The number of carbonyl (C=O) groups is 2. The van der Waals surface area contributed by atoms with Gasteiger partial charge in [0.15, 0.2) is 4.80 Å². The molecule has 0 aliphatic carbocycles. The molecule has 3 heterocycles. The normalized spacial score (nSPS) is 14.4.